The Morgan fingerprint density at radius 1 is 1.09 bits per heavy atom. The van der Waals surface area contributed by atoms with E-state index >= 15 is 0 Å². The Morgan fingerprint density at radius 3 is 2.41 bits per heavy atom. The van der Waals surface area contributed by atoms with Crippen LogP contribution in [0.5, 0.6) is 17.2 Å². The first-order valence-corrected chi connectivity index (χ1v) is 10.1. The van der Waals surface area contributed by atoms with Crippen molar-refractivity contribution in [1.29, 1.82) is 0 Å². The van der Waals surface area contributed by atoms with E-state index in [9.17, 15) is 22.8 Å². The Hall–Kier alpha value is -3.01. The van der Waals surface area contributed by atoms with Crippen LogP contribution in [-0.2, 0) is 15.7 Å². The highest BCUT2D eigenvalue weighted by atomic mass is 79.9. The first-order valence-electron chi connectivity index (χ1n) is 9.30. The number of carbonyl (C=O) groups is 1. The Bertz CT molecular complexity index is 1210. The Morgan fingerprint density at radius 2 is 1.78 bits per heavy atom. The van der Waals surface area contributed by atoms with Crippen molar-refractivity contribution in [2.45, 2.75) is 32.5 Å². The molecule has 3 rings (SSSR count). The summed E-state index contributed by atoms with van der Waals surface area (Å²) in [5.74, 6) is -3.19. The fourth-order valence-corrected chi connectivity index (χ4v) is 3.04. The van der Waals surface area contributed by atoms with Crippen LogP contribution in [0.15, 0.2) is 56.1 Å². The third-order valence-electron chi connectivity index (χ3n) is 3.91. The van der Waals surface area contributed by atoms with Gasteiger partial charge in [-0.25, -0.2) is 4.79 Å². The van der Waals surface area contributed by atoms with Gasteiger partial charge in [-0.3, -0.25) is 4.79 Å². The normalized spacial score (nSPS) is 12.0. The minimum atomic E-state index is -5.00. The van der Waals surface area contributed by atoms with Crippen molar-refractivity contribution >= 4 is 32.9 Å². The van der Waals surface area contributed by atoms with Crippen LogP contribution >= 0.6 is 15.9 Å². The fraction of sp³-hybridized carbons (Fsp3) is 0.273. The average Bonchev–Trinajstić information content (AvgIpc) is 2.67. The average molecular weight is 515 g/mol. The molecule has 1 heterocycles. The number of ether oxygens (including phenoxy) is 3. The van der Waals surface area contributed by atoms with Crippen LogP contribution in [0.25, 0.3) is 11.0 Å². The van der Waals surface area contributed by atoms with E-state index in [4.69, 9.17) is 18.6 Å². The van der Waals surface area contributed by atoms with E-state index in [2.05, 4.69) is 15.9 Å². The summed E-state index contributed by atoms with van der Waals surface area (Å²) in [5.41, 5.74) is -2.10. The van der Waals surface area contributed by atoms with Gasteiger partial charge in [-0.1, -0.05) is 12.1 Å². The lowest BCUT2D eigenvalue weighted by Gasteiger charge is -2.19. The van der Waals surface area contributed by atoms with E-state index in [0.717, 1.165) is 6.07 Å². The molecule has 0 unspecified atom stereocenters. The van der Waals surface area contributed by atoms with Gasteiger partial charge in [0.1, 0.15) is 22.7 Å². The van der Waals surface area contributed by atoms with Gasteiger partial charge in [-0.15, -0.1) is 0 Å². The quantitative estimate of drug-likeness (QED) is 0.383. The Labute approximate surface area is 189 Å². The standard InChI is InChI=1S/C22H18BrF3O6/c1-21(2,3)32-17(27)11-29-12-8-9-13-16(10-12)31-20(22(24,25)26)19(18(13)28)30-15-7-5-4-6-14(15)23/h4-10H,11H2,1-3H3. The second kappa shape index (κ2) is 8.85. The molecule has 0 amide bonds. The Kier molecular flexibility index (Phi) is 6.54. The monoisotopic (exact) mass is 514 g/mol. The van der Waals surface area contributed by atoms with Crippen molar-refractivity contribution in [2.75, 3.05) is 6.61 Å². The number of rotatable bonds is 5. The molecule has 0 saturated carbocycles. The van der Waals surface area contributed by atoms with Crippen molar-refractivity contribution in [3.63, 3.8) is 0 Å². The third-order valence-corrected chi connectivity index (χ3v) is 4.56. The summed E-state index contributed by atoms with van der Waals surface area (Å²) >= 11 is 3.17. The largest absolute Gasteiger partial charge is 0.482 e. The maximum Gasteiger partial charge on any atom is 0.453 e. The number of alkyl halides is 3. The maximum absolute atomic E-state index is 13.7. The SMILES string of the molecule is CC(C)(C)OC(=O)COc1ccc2c(=O)c(Oc3ccccc3Br)c(C(F)(F)F)oc2c1. The van der Waals surface area contributed by atoms with E-state index in [0.29, 0.717) is 4.47 Å². The van der Waals surface area contributed by atoms with Crippen molar-refractivity contribution in [1.82, 2.24) is 0 Å². The molecule has 0 atom stereocenters. The van der Waals surface area contributed by atoms with Gasteiger partial charge in [0.15, 0.2) is 6.61 Å². The highest BCUT2D eigenvalue weighted by Gasteiger charge is 2.40. The van der Waals surface area contributed by atoms with Crippen LogP contribution in [0, 0.1) is 0 Å². The molecule has 170 valence electrons. The van der Waals surface area contributed by atoms with E-state index in [1.807, 2.05) is 0 Å². The van der Waals surface area contributed by atoms with E-state index in [1.165, 1.54) is 18.2 Å². The van der Waals surface area contributed by atoms with E-state index in [1.54, 1.807) is 39.0 Å². The molecule has 32 heavy (non-hydrogen) atoms. The molecule has 0 fully saturated rings. The molecule has 0 bridgehead atoms. The molecule has 10 heteroatoms. The van der Waals surface area contributed by atoms with Crippen LogP contribution in [-0.4, -0.2) is 18.2 Å². The van der Waals surface area contributed by atoms with Gasteiger partial charge in [0, 0.05) is 6.07 Å². The summed E-state index contributed by atoms with van der Waals surface area (Å²) in [4.78, 5) is 24.6. The number of hydrogen-bond acceptors (Lipinski definition) is 6. The molecule has 0 saturated heterocycles. The summed E-state index contributed by atoms with van der Waals surface area (Å²) in [7, 11) is 0. The van der Waals surface area contributed by atoms with Gasteiger partial charge in [0.05, 0.1) is 9.86 Å². The molecule has 6 nitrogen and oxygen atoms in total. The molecule has 0 aliphatic carbocycles. The number of esters is 1. The van der Waals surface area contributed by atoms with Crippen molar-refractivity contribution < 1.29 is 36.6 Å². The van der Waals surface area contributed by atoms with Crippen molar-refractivity contribution in [3.05, 3.63) is 62.9 Å². The highest BCUT2D eigenvalue weighted by Crippen LogP contribution is 2.39. The summed E-state index contributed by atoms with van der Waals surface area (Å²) in [6, 6.07) is 9.81. The summed E-state index contributed by atoms with van der Waals surface area (Å²) in [5, 5.41) is -0.148. The van der Waals surface area contributed by atoms with Gasteiger partial charge >= 0.3 is 12.1 Å². The van der Waals surface area contributed by atoms with Gasteiger partial charge in [-0.05, 0) is 61.0 Å². The minimum absolute atomic E-state index is 0.0157. The van der Waals surface area contributed by atoms with Gasteiger partial charge < -0.3 is 18.6 Å². The van der Waals surface area contributed by atoms with Crippen LogP contribution < -0.4 is 14.9 Å². The number of carbonyl (C=O) groups excluding carboxylic acids is 1. The smallest absolute Gasteiger partial charge is 0.453 e. The predicted octanol–water partition coefficient (Wildman–Crippen LogP) is 6.09. The second-order valence-corrected chi connectivity index (χ2v) is 8.51. The molecule has 0 aliphatic rings. The van der Waals surface area contributed by atoms with Crippen LogP contribution in [0.4, 0.5) is 13.2 Å². The van der Waals surface area contributed by atoms with Gasteiger partial charge in [-0.2, -0.15) is 13.2 Å². The zero-order valence-corrected chi connectivity index (χ0v) is 18.8. The third kappa shape index (κ3) is 5.61. The first kappa shape index (κ1) is 23.6. The molecule has 3 aromatic rings. The van der Waals surface area contributed by atoms with Gasteiger partial charge in [0.25, 0.3) is 5.76 Å². The molecule has 0 N–H and O–H groups in total. The second-order valence-electron chi connectivity index (χ2n) is 7.65. The first-order chi connectivity index (χ1) is 14.8. The number of halogens is 4. The summed E-state index contributed by atoms with van der Waals surface area (Å²) in [6.45, 7) is 4.58. The number of para-hydroxylation sites is 1. The van der Waals surface area contributed by atoms with E-state index in [-0.39, 0.29) is 22.5 Å². The lowest BCUT2D eigenvalue weighted by Crippen LogP contribution is -2.27. The summed E-state index contributed by atoms with van der Waals surface area (Å²) < 4.78 is 62.0. The molecule has 0 radical (unpaired) electrons. The van der Waals surface area contributed by atoms with Crippen LogP contribution in [0.1, 0.15) is 26.5 Å². The lowest BCUT2D eigenvalue weighted by atomic mass is 10.2. The molecular weight excluding hydrogens is 497 g/mol. The lowest BCUT2D eigenvalue weighted by molar-refractivity contribution is -0.157. The molecule has 2 aromatic carbocycles. The molecule has 1 aromatic heterocycles. The minimum Gasteiger partial charge on any atom is -0.482 e. The van der Waals surface area contributed by atoms with Crippen molar-refractivity contribution in [3.8, 4) is 17.2 Å². The zero-order chi connectivity index (χ0) is 23.7. The maximum atomic E-state index is 13.7. The number of hydrogen-bond donors (Lipinski definition) is 0. The van der Waals surface area contributed by atoms with E-state index < -0.39 is 41.3 Å². The van der Waals surface area contributed by atoms with Crippen molar-refractivity contribution in [2.24, 2.45) is 0 Å². The van der Waals surface area contributed by atoms with Gasteiger partial charge in [0.2, 0.25) is 11.2 Å². The zero-order valence-electron chi connectivity index (χ0n) is 17.2. The molecule has 0 aliphatic heterocycles. The van der Waals surface area contributed by atoms with Crippen LogP contribution in [0.3, 0.4) is 0 Å². The predicted molar refractivity (Wildman–Crippen MR) is 113 cm³/mol. The van der Waals surface area contributed by atoms with Crippen LogP contribution in [0.2, 0.25) is 0 Å². The molecular formula is C22H18BrF3O6. The highest BCUT2D eigenvalue weighted by molar-refractivity contribution is 9.10. The number of benzene rings is 2. The summed E-state index contributed by atoms with van der Waals surface area (Å²) in [6.07, 6.45) is -5.00. The molecule has 0 spiro atoms. The number of fused-ring (bicyclic) bond motifs is 1. The Balaban J connectivity index is 1.99. The topological polar surface area (TPSA) is 75.0 Å². The fourth-order valence-electron chi connectivity index (χ4n) is 2.68.